The highest BCUT2D eigenvalue weighted by Crippen LogP contribution is 2.27. The van der Waals surface area contributed by atoms with Crippen molar-refractivity contribution in [3.05, 3.63) is 60.0 Å². The molecule has 0 aliphatic heterocycles. The topological polar surface area (TPSA) is 86.5 Å². The van der Waals surface area contributed by atoms with Gasteiger partial charge in [0.1, 0.15) is 11.5 Å². The van der Waals surface area contributed by atoms with Crippen molar-refractivity contribution < 1.29 is 18.7 Å². The lowest BCUT2D eigenvalue weighted by Crippen LogP contribution is -2.22. The van der Waals surface area contributed by atoms with E-state index in [1.54, 1.807) is 33.3 Å². The minimum Gasteiger partial charge on any atom is -0.497 e. The summed E-state index contributed by atoms with van der Waals surface area (Å²) in [6, 6.07) is 14.9. The standard InChI is InChI=1S/C20H21N3O4S/c1-13(19(24)21-16-6-4-5-7-17(16)26-3)28-20-23-22-18(27-20)12-14-8-10-15(25-2)11-9-14/h4-11,13H,12H2,1-3H3,(H,21,24)/t13-/m1/s1. The Kier molecular flexibility index (Phi) is 6.54. The van der Waals surface area contributed by atoms with E-state index in [0.29, 0.717) is 29.0 Å². The van der Waals surface area contributed by atoms with Crippen LogP contribution < -0.4 is 14.8 Å². The number of nitrogens with one attached hydrogen (secondary N) is 1. The molecule has 0 spiro atoms. The molecule has 0 aliphatic rings. The van der Waals surface area contributed by atoms with Crippen LogP contribution in [0.1, 0.15) is 18.4 Å². The van der Waals surface area contributed by atoms with Gasteiger partial charge in [0, 0.05) is 0 Å². The normalized spacial score (nSPS) is 11.7. The van der Waals surface area contributed by atoms with E-state index in [1.807, 2.05) is 36.4 Å². The second kappa shape index (κ2) is 9.27. The van der Waals surface area contributed by atoms with Crippen molar-refractivity contribution in [1.29, 1.82) is 0 Å². The molecule has 146 valence electrons. The summed E-state index contributed by atoms with van der Waals surface area (Å²) in [6.45, 7) is 1.78. The molecular formula is C20H21N3O4S. The minimum atomic E-state index is -0.417. The van der Waals surface area contributed by atoms with Gasteiger partial charge in [0.15, 0.2) is 0 Å². The zero-order chi connectivity index (χ0) is 19.9. The number of carbonyl (C=O) groups excluding carboxylic acids is 1. The molecule has 0 unspecified atom stereocenters. The van der Waals surface area contributed by atoms with E-state index in [1.165, 1.54) is 11.8 Å². The third-order valence-corrected chi connectivity index (χ3v) is 4.91. The van der Waals surface area contributed by atoms with Crippen LogP contribution in [0.3, 0.4) is 0 Å². The molecule has 0 saturated carbocycles. The molecule has 28 heavy (non-hydrogen) atoms. The number of hydrogen-bond donors (Lipinski definition) is 1. The number of hydrogen-bond acceptors (Lipinski definition) is 7. The molecule has 2 aromatic carbocycles. The number of methoxy groups -OCH3 is 2. The number of benzene rings is 2. The average molecular weight is 399 g/mol. The number of rotatable bonds is 8. The third-order valence-electron chi connectivity index (χ3n) is 3.97. The maximum atomic E-state index is 12.5. The Balaban J connectivity index is 1.58. The van der Waals surface area contributed by atoms with Crippen molar-refractivity contribution in [2.24, 2.45) is 0 Å². The SMILES string of the molecule is COc1ccc(Cc2nnc(S[C@H](C)C(=O)Nc3ccccc3OC)o2)cc1. The van der Waals surface area contributed by atoms with Gasteiger partial charge in [0.05, 0.1) is 31.6 Å². The van der Waals surface area contributed by atoms with E-state index in [9.17, 15) is 4.79 Å². The fourth-order valence-electron chi connectivity index (χ4n) is 2.46. The molecule has 1 N–H and O–H groups in total. The number of ether oxygens (including phenoxy) is 2. The first-order valence-electron chi connectivity index (χ1n) is 8.65. The van der Waals surface area contributed by atoms with Crippen molar-refractivity contribution in [3.8, 4) is 11.5 Å². The highest BCUT2D eigenvalue weighted by Gasteiger charge is 2.19. The van der Waals surface area contributed by atoms with Crippen molar-refractivity contribution >= 4 is 23.4 Å². The molecule has 1 atom stereocenters. The number of aromatic nitrogens is 2. The molecule has 1 aromatic heterocycles. The first-order chi connectivity index (χ1) is 13.6. The quantitative estimate of drug-likeness (QED) is 0.577. The number of anilines is 1. The highest BCUT2D eigenvalue weighted by molar-refractivity contribution is 8.00. The number of amides is 1. The monoisotopic (exact) mass is 399 g/mol. The van der Waals surface area contributed by atoms with Gasteiger partial charge in [-0.1, -0.05) is 36.0 Å². The van der Waals surface area contributed by atoms with Crippen LogP contribution in [0.25, 0.3) is 0 Å². The number of para-hydroxylation sites is 2. The Bertz CT molecular complexity index is 927. The molecular weight excluding hydrogens is 378 g/mol. The van der Waals surface area contributed by atoms with Gasteiger partial charge < -0.3 is 19.2 Å². The van der Waals surface area contributed by atoms with E-state index in [0.717, 1.165) is 11.3 Å². The van der Waals surface area contributed by atoms with Crippen LogP contribution >= 0.6 is 11.8 Å². The van der Waals surface area contributed by atoms with Crippen LogP contribution in [0.15, 0.2) is 58.2 Å². The molecule has 0 aliphatic carbocycles. The summed E-state index contributed by atoms with van der Waals surface area (Å²) in [4.78, 5) is 12.5. The Labute approximate surface area is 167 Å². The van der Waals surface area contributed by atoms with Crippen LogP contribution in [0.2, 0.25) is 0 Å². The van der Waals surface area contributed by atoms with E-state index in [-0.39, 0.29) is 5.91 Å². The maximum Gasteiger partial charge on any atom is 0.277 e. The molecule has 1 heterocycles. The fraction of sp³-hybridized carbons (Fsp3) is 0.250. The van der Waals surface area contributed by atoms with Crippen LogP contribution in [0.4, 0.5) is 5.69 Å². The Morgan fingerprint density at radius 3 is 2.57 bits per heavy atom. The summed E-state index contributed by atoms with van der Waals surface area (Å²) in [5.74, 6) is 1.71. The Hall–Kier alpha value is -3.00. The van der Waals surface area contributed by atoms with Crippen molar-refractivity contribution in [2.45, 2.75) is 23.8 Å². The van der Waals surface area contributed by atoms with Gasteiger partial charge in [0.25, 0.3) is 5.22 Å². The largest absolute Gasteiger partial charge is 0.497 e. The molecule has 3 rings (SSSR count). The lowest BCUT2D eigenvalue weighted by molar-refractivity contribution is -0.115. The minimum absolute atomic E-state index is 0.176. The smallest absolute Gasteiger partial charge is 0.277 e. The van der Waals surface area contributed by atoms with E-state index in [2.05, 4.69) is 15.5 Å². The predicted octanol–water partition coefficient (Wildman–Crippen LogP) is 3.80. The highest BCUT2D eigenvalue weighted by atomic mass is 32.2. The zero-order valence-electron chi connectivity index (χ0n) is 15.8. The summed E-state index contributed by atoms with van der Waals surface area (Å²) >= 11 is 1.21. The van der Waals surface area contributed by atoms with Crippen molar-refractivity contribution in [2.75, 3.05) is 19.5 Å². The fourth-order valence-corrected chi connectivity index (χ4v) is 3.16. The van der Waals surface area contributed by atoms with Crippen LogP contribution in [-0.4, -0.2) is 35.6 Å². The van der Waals surface area contributed by atoms with Gasteiger partial charge in [-0.25, -0.2) is 0 Å². The third kappa shape index (κ3) is 5.04. The summed E-state index contributed by atoms with van der Waals surface area (Å²) in [5.41, 5.74) is 1.65. The lowest BCUT2D eigenvalue weighted by atomic mass is 10.1. The van der Waals surface area contributed by atoms with Crippen molar-refractivity contribution in [3.63, 3.8) is 0 Å². The Morgan fingerprint density at radius 2 is 1.86 bits per heavy atom. The second-order valence-corrected chi connectivity index (χ2v) is 7.23. The molecule has 1 amide bonds. The van der Waals surface area contributed by atoms with E-state index >= 15 is 0 Å². The first kappa shape index (κ1) is 19.8. The lowest BCUT2D eigenvalue weighted by Gasteiger charge is -2.12. The molecule has 8 heteroatoms. The van der Waals surface area contributed by atoms with Gasteiger partial charge in [-0.15, -0.1) is 10.2 Å². The number of nitrogens with zero attached hydrogens (tertiary/aromatic N) is 2. The van der Waals surface area contributed by atoms with Gasteiger partial charge in [-0.3, -0.25) is 4.79 Å². The molecule has 0 bridgehead atoms. The first-order valence-corrected chi connectivity index (χ1v) is 9.53. The predicted molar refractivity (Wildman–Crippen MR) is 107 cm³/mol. The van der Waals surface area contributed by atoms with Crippen molar-refractivity contribution in [1.82, 2.24) is 10.2 Å². The van der Waals surface area contributed by atoms with Gasteiger partial charge >= 0.3 is 0 Å². The zero-order valence-corrected chi connectivity index (χ0v) is 16.7. The second-order valence-electron chi connectivity index (χ2n) is 5.94. The van der Waals surface area contributed by atoms with Gasteiger partial charge in [-0.2, -0.15) is 0 Å². The van der Waals surface area contributed by atoms with Gasteiger partial charge in [-0.05, 0) is 36.8 Å². The molecule has 3 aromatic rings. The summed E-state index contributed by atoms with van der Waals surface area (Å²) in [5, 5.41) is 10.9. The average Bonchev–Trinajstić information content (AvgIpc) is 3.15. The van der Waals surface area contributed by atoms with E-state index < -0.39 is 5.25 Å². The molecule has 0 radical (unpaired) electrons. The number of carbonyl (C=O) groups is 1. The molecule has 7 nitrogen and oxygen atoms in total. The maximum absolute atomic E-state index is 12.5. The summed E-state index contributed by atoms with van der Waals surface area (Å²) in [7, 11) is 3.19. The summed E-state index contributed by atoms with van der Waals surface area (Å²) < 4.78 is 16.1. The van der Waals surface area contributed by atoms with Gasteiger partial charge in [0.2, 0.25) is 11.8 Å². The molecule has 0 saturated heterocycles. The van der Waals surface area contributed by atoms with Crippen LogP contribution in [0, 0.1) is 0 Å². The summed E-state index contributed by atoms with van der Waals surface area (Å²) in [6.07, 6.45) is 0.513. The van der Waals surface area contributed by atoms with E-state index in [4.69, 9.17) is 13.9 Å². The Morgan fingerprint density at radius 1 is 1.11 bits per heavy atom. The number of thioether (sulfide) groups is 1. The van der Waals surface area contributed by atoms with Crippen LogP contribution in [-0.2, 0) is 11.2 Å². The van der Waals surface area contributed by atoms with Crippen LogP contribution in [0.5, 0.6) is 11.5 Å². The molecule has 0 fully saturated rings.